The Morgan fingerprint density at radius 1 is 0.974 bits per heavy atom. The number of piperidine rings is 1. The molecule has 1 N–H and O–H groups in total. The van der Waals surface area contributed by atoms with E-state index in [9.17, 15) is 27.2 Å². The second-order valence-electron chi connectivity index (χ2n) is 9.54. The number of fused-ring (bicyclic) bond motifs is 1. The summed E-state index contributed by atoms with van der Waals surface area (Å²) in [7, 11) is 0. The molecule has 2 aliphatic rings. The number of nitrogens with one attached hydrogen (secondary N) is 1. The van der Waals surface area contributed by atoms with Crippen molar-refractivity contribution in [3.05, 3.63) is 65.2 Å². The molecule has 0 spiro atoms. The zero-order valence-electron chi connectivity index (χ0n) is 20.5. The number of nitrogens with zero attached hydrogens (tertiary/aromatic N) is 4. The number of amides is 2. The van der Waals surface area contributed by atoms with Crippen LogP contribution in [0.2, 0.25) is 0 Å². The summed E-state index contributed by atoms with van der Waals surface area (Å²) in [6.45, 7) is 3.17. The second-order valence-corrected chi connectivity index (χ2v) is 9.54. The number of hydrogen-bond donors (Lipinski definition) is 1. The number of carbonyl (C=O) groups excluding carboxylic acids is 2. The summed E-state index contributed by atoms with van der Waals surface area (Å²) < 4.78 is 57.3. The lowest BCUT2D eigenvalue weighted by Gasteiger charge is -2.42. The van der Waals surface area contributed by atoms with Crippen LogP contribution in [-0.4, -0.2) is 82.0 Å². The summed E-state index contributed by atoms with van der Waals surface area (Å²) in [5.74, 6) is -1.08. The fourth-order valence-electron chi connectivity index (χ4n) is 5.02. The Balaban J connectivity index is 1.06. The van der Waals surface area contributed by atoms with Gasteiger partial charge in [0.1, 0.15) is 12.4 Å². The number of piperazine rings is 1. The minimum Gasteiger partial charge on any atom is -0.444 e. The summed E-state index contributed by atoms with van der Waals surface area (Å²) in [5.41, 5.74) is 1.05. The lowest BCUT2D eigenvalue weighted by Crippen LogP contribution is -2.54. The lowest BCUT2D eigenvalue weighted by molar-refractivity contribution is -0.137. The van der Waals surface area contributed by atoms with E-state index in [4.69, 9.17) is 4.74 Å². The van der Waals surface area contributed by atoms with E-state index in [2.05, 4.69) is 14.9 Å². The van der Waals surface area contributed by atoms with Gasteiger partial charge in [0.25, 0.3) is 5.91 Å². The maximum atomic E-state index is 14.0. The van der Waals surface area contributed by atoms with Crippen LogP contribution in [0.3, 0.4) is 0 Å². The van der Waals surface area contributed by atoms with Crippen LogP contribution in [0.25, 0.3) is 11.0 Å². The first-order valence-electron chi connectivity index (χ1n) is 12.4. The molecule has 2 aliphatic heterocycles. The van der Waals surface area contributed by atoms with Gasteiger partial charge in [0.2, 0.25) is 0 Å². The standard InChI is InChI=1S/C26H27F4N5O3/c27-21-14-19(26(28,29)30)3-1-18(21)15-38-25(37)35-7-5-20(6-8-35)33-9-11-34(12-10-33)24(36)17-2-4-22-23(13-17)32-16-31-22/h1-4,13-14,16,20H,5-12,15H2,(H,31,32). The van der Waals surface area contributed by atoms with Crippen molar-refractivity contribution in [3.63, 3.8) is 0 Å². The Labute approximate surface area is 216 Å². The first kappa shape index (κ1) is 26.0. The highest BCUT2D eigenvalue weighted by Crippen LogP contribution is 2.30. The van der Waals surface area contributed by atoms with Crippen molar-refractivity contribution >= 4 is 23.0 Å². The van der Waals surface area contributed by atoms with E-state index in [1.54, 1.807) is 18.5 Å². The monoisotopic (exact) mass is 533 g/mol. The molecule has 3 heterocycles. The predicted octanol–water partition coefficient (Wildman–Crippen LogP) is 4.28. The molecule has 38 heavy (non-hydrogen) atoms. The highest BCUT2D eigenvalue weighted by molar-refractivity contribution is 5.97. The number of rotatable bonds is 4. The fraction of sp³-hybridized carbons (Fsp3) is 0.423. The molecule has 0 unspecified atom stereocenters. The SMILES string of the molecule is O=C(OCc1ccc(C(F)(F)F)cc1F)N1CCC(N2CCN(C(=O)c3ccc4[nH]cnc4c3)CC2)CC1. The molecule has 12 heteroatoms. The van der Waals surface area contributed by atoms with Crippen molar-refractivity contribution in [2.45, 2.75) is 31.7 Å². The topological polar surface area (TPSA) is 81.8 Å². The number of alkyl halides is 3. The molecular weight excluding hydrogens is 506 g/mol. The molecule has 5 rings (SSSR count). The van der Waals surface area contributed by atoms with E-state index in [0.717, 1.165) is 49.1 Å². The third-order valence-electron chi connectivity index (χ3n) is 7.24. The van der Waals surface area contributed by atoms with Crippen LogP contribution in [0.15, 0.2) is 42.7 Å². The number of imidazole rings is 1. The number of benzene rings is 2. The van der Waals surface area contributed by atoms with Gasteiger partial charge in [0, 0.05) is 56.4 Å². The number of carbonyl (C=O) groups is 2. The van der Waals surface area contributed by atoms with Gasteiger partial charge in [-0.1, -0.05) is 6.07 Å². The van der Waals surface area contributed by atoms with Gasteiger partial charge in [0.05, 0.1) is 22.9 Å². The molecule has 202 valence electrons. The predicted molar refractivity (Wildman–Crippen MR) is 130 cm³/mol. The summed E-state index contributed by atoms with van der Waals surface area (Å²) >= 11 is 0. The van der Waals surface area contributed by atoms with Crippen molar-refractivity contribution < 1.29 is 31.9 Å². The van der Waals surface area contributed by atoms with Gasteiger partial charge >= 0.3 is 12.3 Å². The lowest BCUT2D eigenvalue weighted by atomic mass is 10.0. The Morgan fingerprint density at radius 3 is 2.39 bits per heavy atom. The molecule has 0 saturated carbocycles. The van der Waals surface area contributed by atoms with Crippen LogP contribution in [0.1, 0.15) is 34.3 Å². The first-order chi connectivity index (χ1) is 18.2. The molecule has 8 nitrogen and oxygen atoms in total. The van der Waals surface area contributed by atoms with Crippen molar-refractivity contribution in [1.82, 2.24) is 24.7 Å². The van der Waals surface area contributed by atoms with E-state index < -0.39 is 30.3 Å². The molecule has 0 radical (unpaired) electrons. The third-order valence-corrected chi connectivity index (χ3v) is 7.24. The van der Waals surface area contributed by atoms with E-state index >= 15 is 0 Å². The molecule has 2 amide bonds. The second kappa shape index (κ2) is 10.6. The zero-order chi connectivity index (χ0) is 26.9. The van der Waals surface area contributed by atoms with E-state index in [-0.39, 0.29) is 17.5 Å². The van der Waals surface area contributed by atoms with Crippen LogP contribution < -0.4 is 0 Å². The van der Waals surface area contributed by atoms with Crippen molar-refractivity contribution in [1.29, 1.82) is 0 Å². The van der Waals surface area contributed by atoms with Gasteiger partial charge in [-0.15, -0.1) is 0 Å². The summed E-state index contributed by atoms with van der Waals surface area (Å²) in [6.07, 6.45) is -2.20. The number of likely N-dealkylation sites (tertiary alicyclic amines) is 1. The summed E-state index contributed by atoms with van der Waals surface area (Å²) in [6, 6.07) is 7.87. The molecule has 0 bridgehead atoms. The van der Waals surface area contributed by atoms with E-state index in [1.807, 2.05) is 11.0 Å². The largest absolute Gasteiger partial charge is 0.444 e. The van der Waals surface area contributed by atoms with Crippen LogP contribution in [0.5, 0.6) is 0 Å². The summed E-state index contributed by atoms with van der Waals surface area (Å²) in [5, 5.41) is 0. The number of H-pyrrole nitrogens is 1. The van der Waals surface area contributed by atoms with Gasteiger partial charge in [-0.25, -0.2) is 14.2 Å². The molecule has 0 atom stereocenters. The molecule has 2 saturated heterocycles. The maximum Gasteiger partial charge on any atom is 0.416 e. The Bertz CT molecular complexity index is 1310. The van der Waals surface area contributed by atoms with Crippen LogP contribution >= 0.6 is 0 Å². The number of aromatic nitrogens is 2. The minimum atomic E-state index is -4.64. The van der Waals surface area contributed by atoms with Crippen LogP contribution in [0.4, 0.5) is 22.4 Å². The van der Waals surface area contributed by atoms with Crippen LogP contribution in [0, 0.1) is 5.82 Å². The number of aromatic amines is 1. The fourth-order valence-corrected chi connectivity index (χ4v) is 5.02. The number of halogens is 4. The average Bonchev–Trinajstić information content (AvgIpc) is 3.39. The Kier molecular flexibility index (Phi) is 7.24. The molecule has 1 aromatic heterocycles. The zero-order valence-corrected chi connectivity index (χ0v) is 20.5. The minimum absolute atomic E-state index is 0.0170. The van der Waals surface area contributed by atoms with Gasteiger partial charge in [-0.3, -0.25) is 9.69 Å². The number of hydrogen-bond acceptors (Lipinski definition) is 5. The van der Waals surface area contributed by atoms with Gasteiger partial charge < -0.3 is 19.5 Å². The van der Waals surface area contributed by atoms with Gasteiger partial charge in [-0.05, 0) is 43.2 Å². The smallest absolute Gasteiger partial charge is 0.416 e. The molecule has 3 aromatic rings. The average molecular weight is 534 g/mol. The molecular formula is C26H27F4N5O3. The Morgan fingerprint density at radius 2 is 1.71 bits per heavy atom. The van der Waals surface area contributed by atoms with E-state index in [0.29, 0.717) is 37.8 Å². The quantitative estimate of drug-likeness (QED) is 0.507. The van der Waals surface area contributed by atoms with Crippen molar-refractivity contribution in [2.75, 3.05) is 39.3 Å². The highest BCUT2D eigenvalue weighted by Gasteiger charge is 2.32. The molecule has 2 aromatic carbocycles. The van der Waals surface area contributed by atoms with Crippen molar-refractivity contribution in [3.8, 4) is 0 Å². The van der Waals surface area contributed by atoms with E-state index in [1.165, 1.54) is 4.90 Å². The molecule has 0 aliphatic carbocycles. The highest BCUT2D eigenvalue weighted by atomic mass is 19.4. The molecule has 2 fully saturated rings. The summed E-state index contributed by atoms with van der Waals surface area (Å²) in [4.78, 5) is 38.3. The van der Waals surface area contributed by atoms with Crippen LogP contribution in [-0.2, 0) is 17.5 Å². The van der Waals surface area contributed by atoms with Gasteiger partial charge in [0.15, 0.2) is 0 Å². The van der Waals surface area contributed by atoms with Gasteiger partial charge in [-0.2, -0.15) is 13.2 Å². The maximum absolute atomic E-state index is 14.0. The number of ether oxygens (including phenoxy) is 1. The Hall–Kier alpha value is -3.67. The van der Waals surface area contributed by atoms with Crippen molar-refractivity contribution in [2.24, 2.45) is 0 Å². The normalized spacial score (nSPS) is 17.7. The first-order valence-corrected chi connectivity index (χ1v) is 12.4. The third kappa shape index (κ3) is 5.59.